The number of hydrogen-bond donors (Lipinski definition) is 1. The molecule has 3 atom stereocenters. The van der Waals surface area contributed by atoms with Crippen LogP contribution in [0.4, 0.5) is 4.79 Å². The second-order valence-corrected chi connectivity index (χ2v) is 8.71. The van der Waals surface area contributed by atoms with Crippen molar-refractivity contribution in [2.75, 3.05) is 19.6 Å². The standard InChI is InChI=1S/C18H34N2O2/c1-14-8-6-9-15(14)19-12-18(5)10-7-11-20(13-18)16(21)22-17(2,3)4/h14-15,19H,6-13H2,1-5H3. The molecular formula is C18H34N2O2. The molecule has 0 spiro atoms. The molecule has 1 saturated carbocycles. The molecule has 3 unspecified atom stereocenters. The first-order valence-electron chi connectivity index (χ1n) is 8.90. The van der Waals surface area contributed by atoms with Crippen LogP contribution in [0.2, 0.25) is 0 Å². The fraction of sp³-hybridized carbons (Fsp3) is 0.944. The van der Waals surface area contributed by atoms with E-state index in [1.165, 1.54) is 25.7 Å². The van der Waals surface area contributed by atoms with Crippen molar-refractivity contribution in [3.05, 3.63) is 0 Å². The number of ether oxygens (including phenoxy) is 1. The average molecular weight is 310 g/mol. The normalized spacial score (nSPS) is 33.0. The van der Waals surface area contributed by atoms with E-state index in [1.807, 2.05) is 25.7 Å². The molecule has 1 saturated heterocycles. The van der Waals surface area contributed by atoms with Crippen molar-refractivity contribution in [3.63, 3.8) is 0 Å². The lowest BCUT2D eigenvalue weighted by Gasteiger charge is -2.41. The average Bonchev–Trinajstić information content (AvgIpc) is 2.80. The van der Waals surface area contributed by atoms with Gasteiger partial charge in [0.05, 0.1) is 0 Å². The molecule has 0 aromatic carbocycles. The zero-order chi connectivity index (χ0) is 16.4. The minimum atomic E-state index is -0.414. The van der Waals surface area contributed by atoms with Gasteiger partial charge in [0.25, 0.3) is 0 Å². The van der Waals surface area contributed by atoms with Crippen molar-refractivity contribution in [3.8, 4) is 0 Å². The van der Waals surface area contributed by atoms with E-state index < -0.39 is 5.60 Å². The Balaban J connectivity index is 1.86. The molecule has 2 fully saturated rings. The number of carbonyl (C=O) groups excluding carboxylic acids is 1. The van der Waals surface area contributed by atoms with E-state index in [1.54, 1.807) is 0 Å². The number of piperidine rings is 1. The molecule has 1 N–H and O–H groups in total. The Morgan fingerprint density at radius 3 is 2.64 bits per heavy atom. The van der Waals surface area contributed by atoms with Gasteiger partial charge < -0.3 is 15.0 Å². The van der Waals surface area contributed by atoms with E-state index in [-0.39, 0.29) is 11.5 Å². The van der Waals surface area contributed by atoms with Gasteiger partial charge in [-0.25, -0.2) is 4.79 Å². The van der Waals surface area contributed by atoms with Crippen LogP contribution in [0.1, 0.15) is 66.7 Å². The zero-order valence-corrected chi connectivity index (χ0v) is 15.1. The van der Waals surface area contributed by atoms with Crippen molar-refractivity contribution in [1.82, 2.24) is 10.2 Å². The maximum Gasteiger partial charge on any atom is 0.410 e. The molecule has 4 heteroatoms. The summed E-state index contributed by atoms with van der Waals surface area (Å²) < 4.78 is 5.53. The summed E-state index contributed by atoms with van der Waals surface area (Å²) in [4.78, 5) is 14.2. The van der Waals surface area contributed by atoms with Gasteiger partial charge in [-0.15, -0.1) is 0 Å². The van der Waals surface area contributed by atoms with Gasteiger partial charge in [0.15, 0.2) is 0 Å². The number of hydrogen-bond acceptors (Lipinski definition) is 3. The maximum atomic E-state index is 12.3. The van der Waals surface area contributed by atoms with Gasteiger partial charge in [-0.2, -0.15) is 0 Å². The summed E-state index contributed by atoms with van der Waals surface area (Å²) in [5, 5.41) is 3.77. The third kappa shape index (κ3) is 4.87. The summed E-state index contributed by atoms with van der Waals surface area (Å²) >= 11 is 0. The molecule has 1 amide bonds. The van der Waals surface area contributed by atoms with Crippen LogP contribution < -0.4 is 5.32 Å². The fourth-order valence-electron chi connectivity index (χ4n) is 3.77. The molecule has 0 bridgehead atoms. The molecule has 1 aliphatic heterocycles. The Bertz CT molecular complexity index is 391. The van der Waals surface area contributed by atoms with E-state index >= 15 is 0 Å². The van der Waals surface area contributed by atoms with Crippen molar-refractivity contribution >= 4 is 6.09 Å². The van der Waals surface area contributed by atoms with Gasteiger partial charge in [0, 0.05) is 25.7 Å². The number of nitrogens with zero attached hydrogens (tertiary/aromatic N) is 1. The van der Waals surface area contributed by atoms with Gasteiger partial charge >= 0.3 is 6.09 Å². The Kier molecular flexibility index (Phi) is 5.41. The van der Waals surface area contributed by atoms with Crippen molar-refractivity contribution in [2.24, 2.45) is 11.3 Å². The molecule has 22 heavy (non-hydrogen) atoms. The predicted molar refractivity (Wildman–Crippen MR) is 90.0 cm³/mol. The van der Waals surface area contributed by atoms with Crippen LogP contribution >= 0.6 is 0 Å². The quantitative estimate of drug-likeness (QED) is 0.862. The first-order chi connectivity index (χ1) is 10.2. The van der Waals surface area contributed by atoms with Crippen LogP contribution in [0.15, 0.2) is 0 Å². The van der Waals surface area contributed by atoms with Gasteiger partial charge in [-0.05, 0) is 57.8 Å². The first-order valence-corrected chi connectivity index (χ1v) is 8.90. The van der Waals surface area contributed by atoms with Crippen LogP contribution in [-0.2, 0) is 4.74 Å². The zero-order valence-electron chi connectivity index (χ0n) is 15.1. The van der Waals surface area contributed by atoms with Crippen LogP contribution in [0, 0.1) is 11.3 Å². The lowest BCUT2D eigenvalue weighted by molar-refractivity contribution is 0.00634. The number of likely N-dealkylation sites (tertiary alicyclic amines) is 1. The molecule has 4 nitrogen and oxygen atoms in total. The molecule has 2 aliphatic rings. The molecule has 1 heterocycles. The van der Waals surface area contributed by atoms with E-state index in [9.17, 15) is 4.79 Å². The Hall–Kier alpha value is -0.770. The van der Waals surface area contributed by atoms with E-state index in [0.717, 1.165) is 32.0 Å². The molecule has 2 rings (SSSR count). The molecule has 0 aromatic rings. The molecule has 1 aliphatic carbocycles. The third-order valence-corrected chi connectivity index (χ3v) is 5.09. The topological polar surface area (TPSA) is 41.6 Å². The molecule has 128 valence electrons. The van der Waals surface area contributed by atoms with Crippen LogP contribution in [0.3, 0.4) is 0 Å². The van der Waals surface area contributed by atoms with Crippen molar-refractivity contribution in [2.45, 2.75) is 78.4 Å². The van der Waals surface area contributed by atoms with Gasteiger partial charge in [0.2, 0.25) is 0 Å². The summed E-state index contributed by atoms with van der Waals surface area (Å²) in [7, 11) is 0. The minimum absolute atomic E-state index is 0.160. The first kappa shape index (κ1) is 17.6. The minimum Gasteiger partial charge on any atom is -0.444 e. The molecular weight excluding hydrogens is 276 g/mol. The number of nitrogens with one attached hydrogen (secondary N) is 1. The number of amides is 1. The third-order valence-electron chi connectivity index (χ3n) is 5.09. The Morgan fingerprint density at radius 2 is 2.05 bits per heavy atom. The second-order valence-electron chi connectivity index (χ2n) is 8.71. The second kappa shape index (κ2) is 6.77. The molecule has 0 aromatic heterocycles. The summed E-state index contributed by atoms with van der Waals surface area (Å²) in [5.74, 6) is 0.786. The highest BCUT2D eigenvalue weighted by molar-refractivity contribution is 5.68. The summed E-state index contributed by atoms with van der Waals surface area (Å²) in [5.41, 5.74) is -0.250. The highest BCUT2D eigenvalue weighted by Crippen LogP contribution is 2.31. The monoisotopic (exact) mass is 310 g/mol. The van der Waals surface area contributed by atoms with Crippen LogP contribution in [0.25, 0.3) is 0 Å². The largest absolute Gasteiger partial charge is 0.444 e. The summed E-state index contributed by atoms with van der Waals surface area (Å²) in [6.07, 6.45) is 6.08. The SMILES string of the molecule is CC1CCCC1NCC1(C)CCCN(C(=O)OC(C)(C)C)C1. The lowest BCUT2D eigenvalue weighted by atomic mass is 9.81. The lowest BCUT2D eigenvalue weighted by Crippen LogP contribution is -2.51. The van der Waals surface area contributed by atoms with Crippen molar-refractivity contribution < 1.29 is 9.53 Å². The maximum absolute atomic E-state index is 12.3. The summed E-state index contributed by atoms with van der Waals surface area (Å²) in [6, 6.07) is 0.661. The van der Waals surface area contributed by atoms with E-state index in [0.29, 0.717) is 6.04 Å². The predicted octanol–water partition coefficient (Wildman–Crippen LogP) is 3.80. The smallest absolute Gasteiger partial charge is 0.410 e. The molecule has 0 radical (unpaired) electrons. The van der Waals surface area contributed by atoms with Crippen LogP contribution in [0.5, 0.6) is 0 Å². The fourth-order valence-corrected chi connectivity index (χ4v) is 3.77. The van der Waals surface area contributed by atoms with Crippen molar-refractivity contribution in [1.29, 1.82) is 0 Å². The van der Waals surface area contributed by atoms with E-state index in [2.05, 4.69) is 19.2 Å². The van der Waals surface area contributed by atoms with Gasteiger partial charge in [-0.3, -0.25) is 0 Å². The number of carbonyl (C=O) groups is 1. The highest BCUT2D eigenvalue weighted by Gasteiger charge is 2.36. The summed E-state index contributed by atoms with van der Waals surface area (Å²) in [6.45, 7) is 13.1. The Morgan fingerprint density at radius 1 is 1.32 bits per heavy atom. The van der Waals surface area contributed by atoms with E-state index in [4.69, 9.17) is 4.74 Å². The number of rotatable bonds is 3. The van der Waals surface area contributed by atoms with Gasteiger partial charge in [0.1, 0.15) is 5.60 Å². The van der Waals surface area contributed by atoms with Gasteiger partial charge in [-0.1, -0.05) is 20.3 Å². The van der Waals surface area contributed by atoms with Crippen LogP contribution in [-0.4, -0.2) is 42.3 Å². The Labute approximate surface area is 136 Å². The highest BCUT2D eigenvalue weighted by atomic mass is 16.6.